The number of benzene rings is 1. The van der Waals surface area contributed by atoms with E-state index in [0.29, 0.717) is 5.75 Å². The molecule has 0 aliphatic carbocycles. The molecule has 0 bridgehead atoms. The summed E-state index contributed by atoms with van der Waals surface area (Å²) in [7, 11) is 1.84. The molecular formula is C18H29ClN6O2S. The average molecular weight is 429 g/mol. The Kier molecular flexibility index (Phi) is 10.3. The summed E-state index contributed by atoms with van der Waals surface area (Å²) in [6.07, 6.45) is 1.03. The number of ether oxygens (including phenoxy) is 1. The molecule has 0 spiro atoms. The normalized spacial score (nSPS) is 11.0. The molecule has 0 saturated heterocycles. The predicted molar refractivity (Wildman–Crippen MR) is 113 cm³/mol. The molecule has 1 aromatic carbocycles. The van der Waals surface area contributed by atoms with Gasteiger partial charge in [0.05, 0.1) is 0 Å². The van der Waals surface area contributed by atoms with Crippen molar-refractivity contribution >= 4 is 30.1 Å². The van der Waals surface area contributed by atoms with Gasteiger partial charge in [0.1, 0.15) is 5.75 Å². The van der Waals surface area contributed by atoms with Crippen LogP contribution in [0.4, 0.5) is 0 Å². The number of rotatable bonds is 10. The summed E-state index contributed by atoms with van der Waals surface area (Å²) in [6.45, 7) is 7.56. The van der Waals surface area contributed by atoms with Crippen LogP contribution in [-0.4, -0.2) is 50.6 Å². The molecule has 0 fully saturated rings. The molecule has 1 heterocycles. The zero-order valence-electron chi connectivity index (χ0n) is 16.8. The lowest BCUT2D eigenvalue weighted by atomic mass is 10.1. The standard InChI is InChI=1S/C18H28N6O2S.ClH/c1-18(2,3)20-16(25)13-26-15-8-6-14(7-9-15)12-19-10-5-11-27-17-21-22-23-24(17)4;/h6-9,19H,5,10-13H2,1-4H3,(H,20,25);1H. The Morgan fingerprint density at radius 1 is 1.25 bits per heavy atom. The number of carbonyl (C=O) groups excluding carboxylic acids is 1. The molecule has 0 radical (unpaired) electrons. The first-order chi connectivity index (χ1) is 12.8. The van der Waals surface area contributed by atoms with Gasteiger partial charge in [-0.15, -0.1) is 17.5 Å². The van der Waals surface area contributed by atoms with E-state index in [9.17, 15) is 4.79 Å². The fourth-order valence-electron chi connectivity index (χ4n) is 2.24. The van der Waals surface area contributed by atoms with Gasteiger partial charge in [0, 0.05) is 24.9 Å². The lowest BCUT2D eigenvalue weighted by Crippen LogP contribution is -2.43. The van der Waals surface area contributed by atoms with Crippen molar-refractivity contribution in [1.29, 1.82) is 0 Å². The van der Waals surface area contributed by atoms with Crippen LogP contribution in [0.1, 0.15) is 32.8 Å². The lowest BCUT2D eigenvalue weighted by molar-refractivity contribution is -0.124. The highest BCUT2D eigenvalue weighted by atomic mass is 35.5. The fraction of sp³-hybridized carbons (Fsp3) is 0.556. The second kappa shape index (κ2) is 11.9. The third-order valence-electron chi connectivity index (χ3n) is 3.45. The molecule has 10 heteroatoms. The van der Waals surface area contributed by atoms with Gasteiger partial charge in [-0.2, -0.15) is 0 Å². The molecule has 28 heavy (non-hydrogen) atoms. The van der Waals surface area contributed by atoms with E-state index in [4.69, 9.17) is 4.74 Å². The third kappa shape index (κ3) is 9.38. The molecule has 2 N–H and O–H groups in total. The molecule has 0 atom stereocenters. The molecular weight excluding hydrogens is 400 g/mol. The van der Waals surface area contributed by atoms with Crippen LogP contribution in [0.15, 0.2) is 29.4 Å². The van der Waals surface area contributed by atoms with Crippen LogP contribution < -0.4 is 15.4 Å². The van der Waals surface area contributed by atoms with Crippen molar-refractivity contribution in [2.24, 2.45) is 7.05 Å². The summed E-state index contributed by atoms with van der Waals surface area (Å²) in [6, 6.07) is 7.78. The average Bonchev–Trinajstić information content (AvgIpc) is 3.01. The minimum atomic E-state index is -0.250. The van der Waals surface area contributed by atoms with E-state index >= 15 is 0 Å². The molecule has 2 rings (SSSR count). The van der Waals surface area contributed by atoms with Gasteiger partial charge < -0.3 is 15.4 Å². The number of hydrogen-bond donors (Lipinski definition) is 2. The van der Waals surface area contributed by atoms with Crippen molar-refractivity contribution in [3.63, 3.8) is 0 Å². The summed E-state index contributed by atoms with van der Waals surface area (Å²) in [5.41, 5.74) is 0.922. The Balaban J connectivity index is 0.00000392. The maximum atomic E-state index is 11.8. The molecule has 156 valence electrons. The Morgan fingerprint density at radius 2 is 1.96 bits per heavy atom. The van der Waals surface area contributed by atoms with Gasteiger partial charge in [0.15, 0.2) is 6.61 Å². The number of carbonyl (C=O) groups is 1. The fourth-order valence-corrected chi connectivity index (χ4v) is 3.03. The van der Waals surface area contributed by atoms with Crippen molar-refractivity contribution in [1.82, 2.24) is 30.8 Å². The third-order valence-corrected chi connectivity index (χ3v) is 4.54. The van der Waals surface area contributed by atoms with E-state index in [2.05, 4.69) is 26.2 Å². The quantitative estimate of drug-likeness (QED) is 0.442. The Hall–Kier alpha value is -1.84. The van der Waals surface area contributed by atoms with E-state index in [-0.39, 0.29) is 30.5 Å². The number of aryl methyl sites for hydroxylation is 1. The Labute approximate surface area is 176 Å². The molecule has 0 aliphatic rings. The molecule has 2 aromatic rings. The van der Waals surface area contributed by atoms with Gasteiger partial charge in [-0.1, -0.05) is 23.9 Å². The van der Waals surface area contributed by atoms with Crippen LogP contribution >= 0.6 is 24.2 Å². The zero-order chi connectivity index (χ0) is 19.7. The largest absolute Gasteiger partial charge is 0.484 e. The first-order valence-electron chi connectivity index (χ1n) is 8.92. The second-order valence-corrected chi connectivity index (χ2v) is 8.26. The van der Waals surface area contributed by atoms with E-state index in [0.717, 1.165) is 30.4 Å². The molecule has 0 aliphatic heterocycles. The first kappa shape index (κ1) is 24.2. The van der Waals surface area contributed by atoms with Crippen molar-refractivity contribution < 1.29 is 9.53 Å². The van der Waals surface area contributed by atoms with Crippen molar-refractivity contribution in [2.75, 3.05) is 18.9 Å². The van der Waals surface area contributed by atoms with Gasteiger partial charge >= 0.3 is 0 Å². The summed E-state index contributed by atoms with van der Waals surface area (Å²) in [4.78, 5) is 11.8. The minimum absolute atomic E-state index is 0. The molecule has 0 saturated carbocycles. The number of amides is 1. The van der Waals surface area contributed by atoms with E-state index in [1.165, 1.54) is 5.56 Å². The van der Waals surface area contributed by atoms with Crippen LogP contribution in [0.25, 0.3) is 0 Å². The highest BCUT2D eigenvalue weighted by Gasteiger charge is 2.13. The number of hydrogen-bond acceptors (Lipinski definition) is 7. The van der Waals surface area contributed by atoms with Crippen LogP contribution in [0.3, 0.4) is 0 Å². The number of aromatic nitrogens is 4. The monoisotopic (exact) mass is 428 g/mol. The van der Waals surface area contributed by atoms with Crippen molar-refractivity contribution in [3.05, 3.63) is 29.8 Å². The minimum Gasteiger partial charge on any atom is -0.484 e. The topological polar surface area (TPSA) is 94.0 Å². The predicted octanol–water partition coefficient (Wildman–Crippen LogP) is 2.20. The smallest absolute Gasteiger partial charge is 0.258 e. The van der Waals surface area contributed by atoms with Crippen LogP contribution in [0.2, 0.25) is 0 Å². The lowest BCUT2D eigenvalue weighted by Gasteiger charge is -2.20. The maximum absolute atomic E-state index is 11.8. The Morgan fingerprint density at radius 3 is 2.57 bits per heavy atom. The van der Waals surface area contributed by atoms with Crippen molar-refractivity contribution in [2.45, 2.75) is 44.4 Å². The molecule has 1 amide bonds. The molecule has 1 aromatic heterocycles. The van der Waals surface area contributed by atoms with Gasteiger partial charge in [-0.3, -0.25) is 4.79 Å². The number of halogens is 1. The van der Waals surface area contributed by atoms with Crippen LogP contribution in [0.5, 0.6) is 5.75 Å². The van der Waals surface area contributed by atoms with Crippen molar-refractivity contribution in [3.8, 4) is 5.75 Å². The second-order valence-electron chi connectivity index (χ2n) is 7.19. The summed E-state index contributed by atoms with van der Waals surface area (Å²) >= 11 is 1.65. The number of nitrogens with zero attached hydrogens (tertiary/aromatic N) is 4. The Bertz CT molecular complexity index is 718. The van der Waals surface area contributed by atoms with E-state index in [1.54, 1.807) is 16.4 Å². The highest BCUT2D eigenvalue weighted by Crippen LogP contribution is 2.14. The van der Waals surface area contributed by atoms with E-state index < -0.39 is 0 Å². The summed E-state index contributed by atoms with van der Waals surface area (Å²) in [5, 5.41) is 18.5. The highest BCUT2D eigenvalue weighted by molar-refractivity contribution is 7.99. The molecule has 0 unspecified atom stereocenters. The molecule has 8 nitrogen and oxygen atoms in total. The maximum Gasteiger partial charge on any atom is 0.258 e. The SMILES string of the molecule is Cl.Cn1nnnc1SCCCNCc1ccc(OCC(=O)NC(C)(C)C)cc1. The van der Waals surface area contributed by atoms with Crippen LogP contribution in [-0.2, 0) is 18.4 Å². The van der Waals surface area contributed by atoms with E-state index in [1.807, 2.05) is 52.1 Å². The number of thioether (sulfide) groups is 1. The zero-order valence-corrected chi connectivity index (χ0v) is 18.4. The van der Waals surface area contributed by atoms with Gasteiger partial charge in [-0.25, -0.2) is 4.68 Å². The summed E-state index contributed by atoms with van der Waals surface area (Å²) in [5.74, 6) is 1.53. The van der Waals surface area contributed by atoms with Crippen LogP contribution in [0, 0.1) is 0 Å². The number of tetrazole rings is 1. The first-order valence-corrected chi connectivity index (χ1v) is 9.91. The summed E-state index contributed by atoms with van der Waals surface area (Å²) < 4.78 is 7.19. The van der Waals surface area contributed by atoms with Gasteiger partial charge in [0.25, 0.3) is 5.91 Å². The van der Waals surface area contributed by atoms with Gasteiger partial charge in [0.2, 0.25) is 5.16 Å². The van der Waals surface area contributed by atoms with Gasteiger partial charge in [-0.05, 0) is 61.9 Å². The number of nitrogens with one attached hydrogen (secondary N) is 2.